The Hall–Kier alpha value is -1.64. The lowest BCUT2D eigenvalue weighted by atomic mass is 10.7. The van der Waals surface area contributed by atoms with Gasteiger partial charge in [0.25, 0.3) is 0 Å². The van der Waals surface area contributed by atoms with Gasteiger partial charge in [0.05, 0.1) is 11.8 Å². The Morgan fingerprint density at radius 3 is 3.00 bits per heavy atom. The first-order valence-corrected chi connectivity index (χ1v) is 6.25. The minimum Gasteiger partial charge on any atom is -0.292 e. The molecular formula is C8H11N7OS. The van der Waals surface area contributed by atoms with Crippen LogP contribution in [0.5, 0.6) is 0 Å². The maximum Gasteiger partial charge on any atom is 0.343 e. The molecule has 0 spiro atoms. The van der Waals surface area contributed by atoms with Crippen molar-refractivity contribution in [2.24, 2.45) is 7.05 Å². The number of nitrogens with zero attached hydrogens (tertiary/aromatic N) is 6. The van der Waals surface area contributed by atoms with Crippen molar-refractivity contribution in [2.45, 2.75) is 29.8 Å². The van der Waals surface area contributed by atoms with Crippen molar-refractivity contribution < 1.29 is 0 Å². The molecule has 1 aliphatic rings. The number of aryl methyl sites for hydroxylation is 1. The van der Waals surface area contributed by atoms with Crippen molar-refractivity contribution in [3.63, 3.8) is 0 Å². The highest BCUT2D eigenvalue weighted by Gasteiger charge is 2.27. The van der Waals surface area contributed by atoms with Crippen molar-refractivity contribution in [1.29, 1.82) is 0 Å². The van der Waals surface area contributed by atoms with Crippen LogP contribution in [-0.2, 0) is 12.8 Å². The third kappa shape index (κ3) is 2.09. The molecule has 9 heteroatoms. The second kappa shape index (κ2) is 3.99. The number of hydrogen-bond acceptors (Lipinski definition) is 6. The van der Waals surface area contributed by atoms with E-state index >= 15 is 0 Å². The van der Waals surface area contributed by atoms with Gasteiger partial charge in [-0.05, 0) is 23.3 Å². The van der Waals surface area contributed by atoms with Gasteiger partial charge in [-0.1, -0.05) is 11.8 Å². The zero-order valence-corrected chi connectivity index (χ0v) is 10.0. The molecule has 2 aromatic rings. The lowest BCUT2D eigenvalue weighted by Crippen LogP contribution is -2.13. The number of aromatic amines is 1. The van der Waals surface area contributed by atoms with Gasteiger partial charge in [-0.15, -0.1) is 5.10 Å². The number of hydrogen-bond donors (Lipinski definition) is 1. The summed E-state index contributed by atoms with van der Waals surface area (Å²) in [7, 11) is 1.61. The number of H-pyrrole nitrogens is 1. The number of nitrogens with one attached hydrogen (secondary N) is 1. The van der Waals surface area contributed by atoms with Gasteiger partial charge >= 0.3 is 5.69 Å². The van der Waals surface area contributed by atoms with Crippen molar-refractivity contribution in [2.75, 3.05) is 0 Å². The van der Waals surface area contributed by atoms with Gasteiger partial charge in [0.15, 0.2) is 0 Å². The van der Waals surface area contributed by atoms with E-state index in [9.17, 15) is 4.79 Å². The molecule has 0 unspecified atom stereocenters. The summed E-state index contributed by atoms with van der Waals surface area (Å²) in [4.78, 5) is 13.8. The maximum atomic E-state index is 11.2. The van der Waals surface area contributed by atoms with Crippen molar-refractivity contribution in [1.82, 2.24) is 35.0 Å². The Kier molecular flexibility index (Phi) is 2.46. The van der Waals surface area contributed by atoms with E-state index in [0.29, 0.717) is 17.6 Å². The predicted octanol–water partition coefficient (Wildman–Crippen LogP) is -0.278. The molecular weight excluding hydrogens is 242 g/mol. The summed E-state index contributed by atoms with van der Waals surface area (Å²) in [5.74, 6) is 1.19. The largest absolute Gasteiger partial charge is 0.343 e. The third-order valence-corrected chi connectivity index (χ3v) is 3.45. The molecule has 1 saturated carbocycles. The Labute approximate surface area is 100 Å². The van der Waals surface area contributed by atoms with Gasteiger partial charge in [-0.3, -0.25) is 4.98 Å². The summed E-state index contributed by atoms with van der Waals surface area (Å²) < 4.78 is 3.12. The van der Waals surface area contributed by atoms with Gasteiger partial charge in [0.2, 0.25) is 5.16 Å². The van der Waals surface area contributed by atoms with Gasteiger partial charge in [0.1, 0.15) is 5.82 Å². The smallest absolute Gasteiger partial charge is 0.292 e. The molecule has 2 heterocycles. The molecule has 0 bridgehead atoms. The topological polar surface area (TPSA) is 94.3 Å². The zero-order chi connectivity index (χ0) is 11.8. The van der Waals surface area contributed by atoms with Crippen LogP contribution >= 0.6 is 11.8 Å². The number of tetrazole rings is 1. The van der Waals surface area contributed by atoms with E-state index in [1.165, 1.54) is 16.4 Å². The van der Waals surface area contributed by atoms with Crippen molar-refractivity contribution in [3.05, 3.63) is 16.3 Å². The summed E-state index contributed by atoms with van der Waals surface area (Å²) in [5.41, 5.74) is -0.206. The van der Waals surface area contributed by atoms with E-state index in [2.05, 4.69) is 25.6 Å². The lowest BCUT2D eigenvalue weighted by molar-refractivity contribution is 0.565. The van der Waals surface area contributed by atoms with Crippen LogP contribution in [0.3, 0.4) is 0 Å². The standard InChI is InChI=1S/C8H11N7OS/c1-14-7(16)9-6(11-14)4-17-8-10-12-13-15(8)5-2-3-5/h5H,2-4H2,1H3,(H,9,11,16). The highest BCUT2D eigenvalue weighted by atomic mass is 32.2. The summed E-state index contributed by atoms with van der Waals surface area (Å²) in [6.45, 7) is 0. The molecule has 0 saturated heterocycles. The van der Waals surface area contributed by atoms with Gasteiger partial charge in [-0.25, -0.2) is 14.2 Å². The molecule has 0 radical (unpaired) electrons. The Morgan fingerprint density at radius 2 is 2.35 bits per heavy atom. The van der Waals surface area contributed by atoms with Crippen LogP contribution in [0.2, 0.25) is 0 Å². The SMILES string of the molecule is Cn1nc(CSc2nnnn2C2CC2)[nH]c1=O. The molecule has 1 N–H and O–H groups in total. The highest BCUT2D eigenvalue weighted by Crippen LogP contribution is 2.36. The average molecular weight is 253 g/mol. The number of thioether (sulfide) groups is 1. The normalized spacial score (nSPS) is 15.4. The van der Waals surface area contributed by atoms with E-state index in [1.807, 2.05) is 4.68 Å². The summed E-state index contributed by atoms with van der Waals surface area (Å²) >= 11 is 1.48. The highest BCUT2D eigenvalue weighted by molar-refractivity contribution is 7.98. The first-order chi connectivity index (χ1) is 8.24. The molecule has 2 aromatic heterocycles. The van der Waals surface area contributed by atoms with Crippen molar-refractivity contribution >= 4 is 11.8 Å². The second-order valence-corrected chi connectivity index (χ2v) is 4.87. The van der Waals surface area contributed by atoms with E-state index < -0.39 is 0 Å². The first kappa shape index (κ1) is 10.5. The molecule has 90 valence electrons. The number of rotatable bonds is 4. The summed E-state index contributed by atoms with van der Waals surface area (Å²) in [5, 5.41) is 16.4. The molecule has 1 aliphatic carbocycles. The van der Waals surface area contributed by atoms with Gasteiger partial charge < -0.3 is 0 Å². The van der Waals surface area contributed by atoms with Gasteiger partial charge in [-0.2, -0.15) is 5.10 Å². The minimum absolute atomic E-state index is 0.206. The Balaban J connectivity index is 1.70. The van der Waals surface area contributed by atoms with E-state index in [-0.39, 0.29) is 5.69 Å². The molecule has 0 aliphatic heterocycles. The van der Waals surface area contributed by atoms with E-state index in [0.717, 1.165) is 18.0 Å². The quantitative estimate of drug-likeness (QED) is 0.753. The molecule has 8 nitrogen and oxygen atoms in total. The molecule has 1 fully saturated rings. The molecule has 0 atom stereocenters. The van der Waals surface area contributed by atoms with Crippen LogP contribution in [0, 0.1) is 0 Å². The fraction of sp³-hybridized carbons (Fsp3) is 0.625. The van der Waals surface area contributed by atoms with Crippen LogP contribution in [0.4, 0.5) is 0 Å². The molecule has 0 amide bonds. The van der Waals surface area contributed by atoms with Crippen molar-refractivity contribution in [3.8, 4) is 0 Å². The molecule has 0 aromatic carbocycles. The van der Waals surface area contributed by atoms with Crippen LogP contribution < -0.4 is 5.69 Å². The second-order valence-electron chi connectivity index (χ2n) is 3.93. The Morgan fingerprint density at radius 1 is 1.53 bits per heavy atom. The first-order valence-electron chi connectivity index (χ1n) is 5.27. The molecule has 17 heavy (non-hydrogen) atoms. The zero-order valence-electron chi connectivity index (χ0n) is 9.20. The fourth-order valence-electron chi connectivity index (χ4n) is 1.48. The van der Waals surface area contributed by atoms with Crippen LogP contribution in [-0.4, -0.2) is 35.0 Å². The Bertz CT molecular complexity index is 581. The third-order valence-electron chi connectivity index (χ3n) is 2.51. The lowest BCUT2D eigenvalue weighted by Gasteiger charge is -1.99. The van der Waals surface area contributed by atoms with Gasteiger partial charge in [0, 0.05) is 7.05 Å². The molecule has 3 rings (SSSR count). The predicted molar refractivity (Wildman–Crippen MR) is 59.5 cm³/mol. The monoisotopic (exact) mass is 253 g/mol. The summed E-state index contributed by atoms with van der Waals surface area (Å²) in [6.07, 6.45) is 2.28. The number of aromatic nitrogens is 7. The maximum absolute atomic E-state index is 11.2. The minimum atomic E-state index is -0.206. The average Bonchev–Trinajstić information content (AvgIpc) is 2.96. The van der Waals surface area contributed by atoms with E-state index in [1.54, 1.807) is 7.05 Å². The van der Waals surface area contributed by atoms with Crippen LogP contribution in [0.1, 0.15) is 24.7 Å². The fourth-order valence-corrected chi connectivity index (χ4v) is 2.29. The summed E-state index contributed by atoms with van der Waals surface area (Å²) in [6, 6.07) is 0.454. The van der Waals surface area contributed by atoms with Crippen LogP contribution in [0.25, 0.3) is 0 Å². The van der Waals surface area contributed by atoms with E-state index in [4.69, 9.17) is 0 Å². The van der Waals surface area contributed by atoms with Crippen LogP contribution in [0.15, 0.2) is 9.95 Å².